The second-order valence-electron chi connectivity index (χ2n) is 4.61. The Morgan fingerprint density at radius 1 is 1.35 bits per heavy atom. The third-order valence-corrected chi connectivity index (χ3v) is 4.68. The molecular weight excluding hydrogens is 236 g/mol. The van der Waals surface area contributed by atoms with E-state index in [-0.39, 0.29) is 5.91 Å². The molecule has 0 aliphatic carbocycles. The van der Waals surface area contributed by atoms with Crippen molar-refractivity contribution in [2.45, 2.75) is 24.5 Å². The van der Waals surface area contributed by atoms with Crippen molar-refractivity contribution in [2.24, 2.45) is 0 Å². The van der Waals surface area contributed by atoms with Crippen molar-refractivity contribution in [1.29, 1.82) is 0 Å². The summed E-state index contributed by atoms with van der Waals surface area (Å²) in [6.45, 7) is 4.32. The lowest BCUT2D eigenvalue weighted by Gasteiger charge is -2.27. The molecule has 4 nitrogen and oxygen atoms in total. The van der Waals surface area contributed by atoms with Gasteiger partial charge in [-0.3, -0.25) is 4.79 Å². The fourth-order valence-electron chi connectivity index (χ4n) is 2.23. The van der Waals surface area contributed by atoms with Crippen LogP contribution < -0.4 is 5.32 Å². The number of morpholine rings is 1. The van der Waals surface area contributed by atoms with Gasteiger partial charge in [0.2, 0.25) is 5.91 Å². The van der Waals surface area contributed by atoms with Gasteiger partial charge in [0.05, 0.1) is 19.8 Å². The SMILES string of the molecule is O=C(CNCC1CCCCS1)N1CCOCC1. The van der Waals surface area contributed by atoms with Gasteiger partial charge < -0.3 is 15.0 Å². The smallest absolute Gasteiger partial charge is 0.236 e. The minimum atomic E-state index is 0.217. The average molecular weight is 258 g/mol. The van der Waals surface area contributed by atoms with Crippen molar-refractivity contribution in [2.75, 3.05) is 45.1 Å². The van der Waals surface area contributed by atoms with E-state index in [1.807, 2.05) is 16.7 Å². The van der Waals surface area contributed by atoms with Crippen LogP contribution in [0, 0.1) is 0 Å². The summed E-state index contributed by atoms with van der Waals surface area (Å²) in [5, 5.41) is 4.01. The van der Waals surface area contributed by atoms with Gasteiger partial charge in [-0.2, -0.15) is 11.8 Å². The van der Waals surface area contributed by atoms with E-state index in [2.05, 4.69) is 5.32 Å². The highest BCUT2D eigenvalue weighted by Crippen LogP contribution is 2.24. The summed E-state index contributed by atoms with van der Waals surface area (Å²) in [7, 11) is 0. The van der Waals surface area contributed by atoms with Gasteiger partial charge in [0.25, 0.3) is 0 Å². The molecule has 2 aliphatic rings. The number of hydrogen-bond donors (Lipinski definition) is 1. The van der Waals surface area contributed by atoms with E-state index >= 15 is 0 Å². The number of amides is 1. The highest BCUT2D eigenvalue weighted by atomic mass is 32.2. The van der Waals surface area contributed by atoms with Crippen molar-refractivity contribution in [3.8, 4) is 0 Å². The fraction of sp³-hybridized carbons (Fsp3) is 0.917. The third kappa shape index (κ3) is 4.48. The largest absolute Gasteiger partial charge is 0.378 e. The first kappa shape index (κ1) is 13.2. The van der Waals surface area contributed by atoms with Crippen LogP contribution in [0.4, 0.5) is 0 Å². The number of nitrogens with one attached hydrogen (secondary N) is 1. The molecule has 1 atom stereocenters. The molecule has 1 amide bonds. The molecule has 0 aromatic carbocycles. The van der Waals surface area contributed by atoms with Gasteiger partial charge in [0.1, 0.15) is 0 Å². The van der Waals surface area contributed by atoms with Crippen LogP contribution in [0.25, 0.3) is 0 Å². The molecule has 0 radical (unpaired) electrons. The molecule has 0 aromatic heterocycles. The van der Waals surface area contributed by atoms with Crippen LogP contribution in [0.1, 0.15) is 19.3 Å². The first-order chi connectivity index (χ1) is 8.36. The number of rotatable bonds is 4. The third-order valence-electron chi connectivity index (χ3n) is 3.29. The standard InChI is InChI=1S/C12H22N2O2S/c15-12(14-4-6-16-7-5-14)10-13-9-11-3-1-2-8-17-11/h11,13H,1-10H2. The zero-order valence-electron chi connectivity index (χ0n) is 10.3. The van der Waals surface area contributed by atoms with Crippen LogP contribution in [-0.4, -0.2) is 61.2 Å². The summed E-state index contributed by atoms with van der Waals surface area (Å²) in [5.41, 5.74) is 0. The van der Waals surface area contributed by atoms with Crippen LogP contribution in [0.15, 0.2) is 0 Å². The van der Waals surface area contributed by atoms with Crippen LogP contribution in [0.3, 0.4) is 0 Å². The highest BCUT2D eigenvalue weighted by molar-refractivity contribution is 7.99. The Kier molecular flexibility index (Phi) is 5.61. The molecule has 1 N–H and O–H groups in total. The first-order valence-corrected chi connectivity index (χ1v) is 7.59. The number of hydrogen-bond acceptors (Lipinski definition) is 4. The van der Waals surface area contributed by atoms with Crippen LogP contribution in [0.2, 0.25) is 0 Å². The highest BCUT2D eigenvalue weighted by Gasteiger charge is 2.17. The number of thioether (sulfide) groups is 1. The molecule has 98 valence electrons. The molecule has 17 heavy (non-hydrogen) atoms. The summed E-state index contributed by atoms with van der Waals surface area (Å²) in [5.74, 6) is 1.50. The van der Waals surface area contributed by atoms with Crippen LogP contribution >= 0.6 is 11.8 Å². The lowest BCUT2D eigenvalue weighted by molar-refractivity contribution is -0.134. The maximum Gasteiger partial charge on any atom is 0.236 e. The fourth-order valence-corrected chi connectivity index (χ4v) is 3.51. The lowest BCUT2D eigenvalue weighted by Crippen LogP contribution is -2.45. The molecule has 0 spiro atoms. The average Bonchev–Trinajstić information content (AvgIpc) is 2.41. The number of carbonyl (C=O) groups excluding carboxylic acids is 1. The zero-order valence-corrected chi connectivity index (χ0v) is 11.1. The summed E-state index contributed by atoms with van der Waals surface area (Å²) >= 11 is 2.04. The van der Waals surface area contributed by atoms with Crippen molar-refractivity contribution in [1.82, 2.24) is 10.2 Å². The molecule has 2 aliphatic heterocycles. The van der Waals surface area contributed by atoms with Crippen molar-refractivity contribution < 1.29 is 9.53 Å². The molecular formula is C12H22N2O2S. The Hall–Kier alpha value is -0.260. The van der Waals surface area contributed by atoms with Crippen molar-refractivity contribution in [3.63, 3.8) is 0 Å². The first-order valence-electron chi connectivity index (χ1n) is 6.54. The van der Waals surface area contributed by atoms with Gasteiger partial charge in [0.15, 0.2) is 0 Å². The second kappa shape index (κ2) is 7.24. The van der Waals surface area contributed by atoms with E-state index in [1.54, 1.807) is 0 Å². The van der Waals surface area contributed by atoms with Gasteiger partial charge in [-0.25, -0.2) is 0 Å². The van der Waals surface area contributed by atoms with Gasteiger partial charge in [-0.15, -0.1) is 0 Å². The molecule has 2 rings (SSSR count). The van der Waals surface area contributed by atoms with E-state index in [4.69, 9.17) is 4.74 Å². The van der Waals surface area contributed by atoms with Gasteiger partial charge >= 0.3 is 0 Å². The molecule has 2 saturated heterocycles. The Labute approximate surface area is 107 Å². The Morgan fingerprint density at radius 3 is 2.88 bits per heavy atom. The molecule has 2 fully saturated rings. The Balaban J connectivity index is 1.58. The Bertz CT molecular complexity index is 239. The van der Waals surface area contributed by atoms with Crippen molar-refractivity contribution >= 4 is 17.7 Å². The lowest BCUT2D eigenvalue weighted by atomic mass is 10.2. The van der Waals surface area contributed by atoms with Crippen LogP contribution in [-0.2, 0) is 9.53 Å². The monoisotopic (exact) mass is 258 g/mol. The molecule has 0 aromatic rings. The number of carbonyl (C=O) groups is 1. The van der Waals surface area contributed by atoms with Gasteiger partial charge in [-0.05, 0) is 18.6 Å². The molecule has 1 unspecified atom stereocenters. The van der Waals surface area contributed by atoms with E-state index < -0.39 is 0 Å². The molecule has 2 heterocycles. The van der Waals surface area contributed by atoms with Gasteiger partial charge in [-0.1, -0.05) is 6.42 Å². The molecule has 0 saturated carbocycles. The van der Waals surface area contributed by atoms with Crippen LogP contribution in [0.5, 0.6) is 0 Å². The second-order valence-corrected chi connectivity index (χ2v) is 6.02. The summed E-state index contributed by atoms with van der Waals surface area (Å²) < 4.78 is 5.23. The topological polar surface area (TPSA) is 41.6 Å². The maximum absolute atomic E-state index is 11.8. The zero-order chi connectivity index (χ0) is 11.9. The molecule has 5 heteroatoms. The summed E-state index contributed by atoms with van der Waals surface area (Å²) in [4.78, 5) is 13.7. The van der Waals surface area contributed by atoms with E-state index in [0.29, 0.717) is 25.0 Å². The van der Waals surface area contributed by atoms with E-state index in [9.17, 15) is 4.79 Å². The quantitative estimate of drug-likeness (QED) is 0.807. The number of nitrogens with zero attached hydrogens (tertiary/aromatic N) is 1. The molecule has 0 bridgehead atoms. The maximum atomic E-state index is 11.8. The van der Waals surface area contributed by atoms with Crippen molar-refractivity contribution in [3.05, 3.63) is 0 Å². The minimum absolute atomic E-state index is 0.217. The Morgan fingerprint density at radius 2 is 2.18 bits per heavy atom. The van der Waals surface area contributed by atoms with E-state index in [1.165, 1.54) is 25.0 Å². The summed E-state index contributed by atoms with van der Waals surface area (Å²) in [6.07, 6.45) is 3.99. The minimum Gasteiger partial charge on any atom is -0.378 e. The predicted molar refractivity (Wildman–Crippen MR) is 70.4 cm³/mol. The predicted octanol–water partition coefficient (Wildman–Crippen LogP) is 0.720. The van der Waals surface area contributed by atoms with E-state index in [0.717, 1.165) is 19.6 Å². The normalized spacial score (nSPS) is 25.9. The van der Waals surface area contributed by atoms with Gasteiger partial charge in [0, 0.05) is 24.9 Å². The number of ether oxygens (including phenoxy) is 1. The summed E-state index contributed by atoms with van der Waals surface area (Å²) in [6, 6.07) is 0.